The van der Waals surface area contributed by atoms with Crippen LogP contribution >= 0.6 is 0 Å². The molecule has 2 aromatic rings. The van der Waals surface area contributed by atoms with Crippen molar-refractivity contribution >= 4 is 0 Å². The monoisotopic (exact) mass is 288 g/mol. The summed E-state index contributed by atoms with van der Waals surface area (Å²) in [4.78, 5) is 0. The first-order valence-electron chi connectivity index (χ1n) is 5.82. The molecule has 1 aromatic heterocycles. The standard InChI is InChI=1S/C13H12F4N2O/c1-8-6-9(14)2-3-10(8)11(20)7-19-5-4-12(18-19)13(15,16)17/h2-6,11,20H,7H2,1H3. The molecule has 7 heteroatoms. The van der Waals surface area contributed by atoms with Gasteiger partial charge in [0, 0.05) is 6.20 Å². The number of rotatable bonds is 3. The van der Waals surface area contributed by atoms with Gasteiger partial charge >= 0.3 is 6.18 Å². The van der Waals surface area contributed by atoms with E-state index in [4.69, 9.17) is 0 Å². The summed E-state index contributed by atoms with van der Waals surface area (Å²) < 4.78 is 51.1. The second-order valence-electron chi connectivity index (χ2n) is 4.44. The highest BCUT2D eigenvalue weighted by Crippen LogP contribution is 2.28. The molecule has 0 aliphatic rings. The fraction of sp³-hybridized carbons (Fsp3) is 0.308. The Morgan fingerprint density at radius 3 is 2.55 bits per heavy atom. The largest absolute Gasteiger partial charge is 0.435 e. The van der Waals surface area contributed by atoms with Crippen molar-refractivity contribution < 1.29 is 22.7 Å². The number of alkyl halides is 3. The van der Waals surface area contributed by atoms with Crippen LogP contribution in [0.2, 0.25) is 0 Å². The third-order valence-electron chi connectivity index (χ3n) is 2.88. The van der Waals surface area contributed by atoms with Gasteiger partial charge in [0.2, 0.25) is 0 Å². The zero-order chi connectivity index (χ0) is 14.9. The van der Waals surface area contributed by atoms with Gasteiger partial charge in [-0.2, -0.15) is 18.3 Å². The average Bonchev–Trinajstić information content (AvgIpc) is 2.76. The lowest BCUT2D eigenvalue weighted by Crippen LogP contribution is -2.13. The molecule has 0 aliphatic heterocycles. The minimum atomic E-state index is -4.51. The first-order valence-corrected chi connectivity index (χ1v) is 5.82. The van der Waals surface area contributed by atoms with Crippen molar-refractivity contribution in [3.05, 3.63) is 53.1 Å². The lowest BCUT2D eigenvalue weighted by Gasteiger charge is -2.14. The SMILES string of the molecule is Cc1cc(F)ccc1C(O)Cn1ccc(C(F)(F)F)n1. The third-order valence-corrected chi connectivity index (χ3v) is 2.88. The van der Waals surface area contributed by atoms with Crippen molar-refractivity contribution in [2.75, 3.05) is 0 Å². The molecule has 1 atom stereocenters. The number of aromatic nitrogens is 2. The van der Waals surface area contributed by atoms with E-state index in [2.05, 4.69) is 5.10 Å². The van der Waals surface area contributed by atoms with E-state index in [0.717, 1.165) is 16.9 Å². The maximum Gasteiger partial charge on any atom is 0.435 e. The molecule has 0 radical (unpaired) electrons. The molecule has 1 aromatic carbocycles. The molecule has 0 spiro atoms. The Kier molecular flexibility index (Phi) is 3.80. The molecule has 20 heavy (non-hydrogen) atoms. The Hall–Kier alpha value is -1.89. The number of halogens is 4. The zero-order valence-electron chi connectivity index (χ0n) is 10.5. The number of benzene rings is 1. The fourth-order valence-electron chi connectivity index (χ4n) is 1.90. The predicted octanol–water partition coefficient (Wildman–Crippen LogP) is 3.08. The highest BCUT2D eigenvalue weighted by Gasteiger charge is 2.33. The van der Waals surface area contributed by atoms with E-state index in [9.17, 15) is 22.7 Å². The second-order valence-corrected chi connectivity index (χ2v) is 4.44. The molecule has 0 fully saturated rings. The van der Waals surface area contributed by atoms with E-state index in [1.54, 1.807) is 6.92 Å². The highest BCUT2D eigenvalue weighted by atomic mass is 19.4. The van der Waals surface area contributed by atoms with Gasteiger partial charge in [-0.25, -0.2) is 4.39 Å². The van der Waals surface area contributed by atoms with Gasteiger partial charge in [0.15, 0.2) is 5.69 Å². The number of aliphatic hydroxyl groups excluding tert-OH is 1. The van der Waals surface area contributed by atoms with Crippen LogP contribution in [0, 0.1) is 12.7 Å². The number of hydrogen-bond acceptors (Lipinski definition) is 2. The maximum atomic E-state index is 12.9. The molecule has 0 bridgehead atoms. The average molecular weight is 288 g/mol. The van der Waals surface area contributed by atoms with Gasteiger partial charge in [0.25, 0.3) is 0 Å². The van der Waals surface area contributed by atoms with Crippen LogP contribution in [0.3, 0.4) is 0 Å². The van der Waals surface area contributed by atoms with Crippen molar-refractivity contribution in [3.63, 3.8) is 0 Å². The van der Waals surface area contributed by atoms with Crippen LogP contribution in [0.4, 0.5) is 17.6 Å². The van der Waals surface area contributed by atoms with Crippen LogP contribution in [0.1, 0.15) is 22.9 Å². The van der Waals surface area contributed by atoms with Crippen molar-refractivity contribution in [2.45, 2.75) is 25.7 Å². The summed E-state index contributed by atoms with van der Waals surface area (Å²) >= 11 is 0. The summed E-state index contributed by atoms with van der Waals surface area (Å²) in [6.07, 6.45) is -4.43. The minimum absolute atomic E-state index is 0.136. The molecule has 108 valence electrons. The topological polar surface area (TPSA) is 38.0 Å². The van der Waals surface area contributed by atoms with Gasteiger partial charge in [-0.15, -0.1) is 0 Å². The Morgan fingerprint density at radius 2 is 2.00 bits per heavy atom. The van der Waals surface area contributed by atoms with Gasteiger partial charge in [0.1, 0.15) is 5.82 Å². The number of nitrogens with zero attached hydrogens (tertiary/aromatic N) is 2. The Morgan fingerprint density at radius 1 is 1.30 bits per heavy atom. The van der Waals surface area contributed by atoms with Crippen LogP contribution in [0.5, 0.6) is 0 Å². The van der Waals surface area contributed by atoms with Gasteiger partial charge in [-0.3, -0.25) is 4.68 Å². The molecular weight excluding hydrogens is 276 g/mol. The normalized spacial score (nSPS) is 13.5. The minimum Gasteiger partial charge on any atom is -0.386 e. The second kappa shape index (κ2) is 5.24. The molecule has 3 nitrogen and oxygen atoms in total. The lowest BCUT2D eigenvalue weighted by molar-refractivity contribution is -0.141. The van der Waals surface area contributed by atoms with Crippen LogP contribution in [-0.2, 0) is 12.7 Å². The molecule has 2 rings (SSSR count). The van der Waals surface area contributed by atoms with Crippen molar-refractivity contribution in [1.82, 2.24) is 9.78 Å². The van der Waals surface area contributed by atoms with Crippen molar-refractivity contribution in [1.29, 1.82) is 0 Å². The zero-order valence-corrected chi connectivity index (χ0v) is 10.5. The number of aliphatic hydroxyl groups is 1. The fourth-order valence-corrected chi connectivity index (χ4v) is 1.90. The molecule has 0 saturated heterocycles. The van der Waals surface area contributed by atoms with Crippen LogP contribution in [0.15, 0.2) is 30.5 Å². The molecular formula is C13H12F4N2O. The smallest absolute Gasteiger partial charge is 0.386 e. The summed E-state index contributed by atoms with van der Waals surface area (Å²) in [7, 11) is 0. The maximum absolute atomic E-state index is 12.9. The van der Waals surface area contributed by atoms with E-state index in [1.165, 1.54) is 18.2 Å². The Labute approximate surface area is 112 Å². The van der Waals surface area contributed by atoms with Crippen LogP contribution < -0.4 is 0 Å². The Bertz CT molecular complexity index is 607. The molecule has 1 heterocycles. The Balaban J connectivity index is 2.15. The summed E-state index contributed by atoms with van der Waals surface area (Å²) in [6, 6.07) is 4.69. The number of hydrogen-bond donors (Lipinski definition) is 1. The molecule has 0 aliphatic carbocycles. The van der Waals surface area contributed by atoms with E-state index >= 15 is 0 Å². The molecule has 0 amide bonds. The predicted molar refractivity (Wildman–Crippen MR) is 63.3 cm³/mol. The first kappa shape index (κ1) is 14.5. The van der Waals surface area contributed by atoms with Gasteiger partial charge in [-0.05, 0) is 36.2 Å². The summed E-state index contributed by atoms with van der Waals surface area (Å²) in [5, 5.41) is 13.3. The van der Waals surface area contributed by atoms with E-state index in [1.807, 2.05) is 0 Å². The first-order chi connectivity index (χ1) is 9.27. The summed E-state index contributed by atoms with van der Waals surface area (Å²) in [5.74, 6) is -0.433. The van der Waals surface area contributed by atoms with Crippen LogP contribution in [-0.4, -0.2) is 14.9 Å². The quantitative estimate of drug-likeness (QED) is 0.881. The number of aryl methyl sites for hydroxylation is 1. The highest BCUT2D eigenvalue weighted by molar-refractivity contribution is 5.28. The van der Waals surface area contributed by atoms with E-state index < -0.39 is 23.8 Å². The molecule has 0 saturated carbocycles. The summed E-state index contributed by atoms with van der Waals surface area (Å²) in [5.41, 5.74) is -0.0308. The van der Waals surface area contributed by atoms with E-state index in [0.29, 0.717) is 11.1 Å². The lowest BCUT2D eigenvalue weighted by atomic mass is 10.0. The van der Waals surface area contributed by atoms with Crippen molar-refractivity contribution in [2.24, 2.45) is 0 Å². The van der Waals surface area contributed by atoms with E-state index in [-0.39, 0.29) is 6.54 Å². The van der Waals surface area contributed by atoms with Crippen molar-refractivity contribution in [3.8, 4) is 0 Å². The van der Waals surface area contributed by atoms with Gasteiger partial charge in [-0.1, -0.05) is 6.07 Å². The summed E-state index contributed by atoms with van der Waals surface area (Å²) in [6.45, 7) is 1.48. The third kappa shape index (κ3) is 3.16. The van der Waals surface area contributed by atoms with Gasteiger partial charge < -0.3 is 5.11 Å². The molecule has 1 unspecified atom stereocenters. The van der Waals surface area contributed by atoms with Crippen LogP contribution in [0.25, 0.3) is 0 Å². The molecule has 1 N–H and O–H groups in total. The van der Waals surface area contributed by atoms with Gasteiger partial charge in [0.05, 0.1) is 12.6 Å².